The van der Waals surface area contributed by atoms with Gasteiger partial charge in [0.05, 0.1) is 25.6 Å². The van der Waals surface area contributed by atoms with E-state index in [1.165, 1.54) is 19.2 Å². The molecule has 8 heteroatoms. The molecule has 1 aliphatic heterocycles. The summed E-state index contributed by atoms with van der Waals surface area (Å²) in [5.74, 6) is -0.576. The number of aliphatic imine (C=N–C) groups is 1. The zero-order valence-corrected chi connectivity index (χ0v) is 17.2. The third-order valence-corrected chi connectivity index (χ3v) is 5.44. The molecule has 1 unspecified atom stereocenters. The molecule has 0 saturated heterocycles. The fraction of sp³-hybridized carbons (Fsp3) is 0.227. The zero-order chi connectivity index (χ0) is 21.4. The zero-order valence-electron chi connectivity index (χ0n) is 16.4. The van der Waals surface area contributed by atoms with Crippen molar-refractivity contribution < 1.29 is 18.7 Å². The van der Waals surface area contributed by atoms with E-state index in [-0.39, 0.29) is 24.7 Å². The van der Waals surface area contributed by atoms with Crippen molar-refractivity contribution in [2.75, 3.05) is 12.0 Å². The van der Waals surface area contributed by atoms with Crippen LogP contribution in [0.25, 0.3) is 10.9 Å². The van der Waals surface area contributed by atoms with Crippen LogP contribution in [0, 0.1) is 5.82 Å². The summed E-state index contributed by atoms with van der Waals surface area (Å²) in [7, 11) is 3.13. The number of halogens is 2. The Labute approximate surface area is 177 Å². The number of anilines is 1. The normalized spacial score (nSPS) is 15.9. The van der Waals surface area contributed by atoms with Crippen LogP contribution < -0.4 is 4.90 Å². The average molecular weight is 428 g/mol. The molecular weight excluding hydrogens is 409 g/mol. The van der Waals surface area contributed by atoms with E-state index in [0.717, 1.165) is 22.0 Å². The first-order chi connectivity index (χ1) is 14.4. The fourth-order valence-electron chi connectivity index (χ4n) is 3.70. The Morgan fingerprint density at radius 3 is 2.67 bits per heavy atom. The molecule has 0 spiro atoms. The van der Waals surface area contributed by atoms with Crippen LogP contribution in [0.4, 0.5) is 10.2 Å². The highest BCUT2D eigenvalue weighted by Gasteiger charge is 2.33. The first kappa shape index (κ1) is 20.1. The Morgan fingerprint density at radius 2 is 1.97 bits per heavy atom. The minimum Gasteiger partial charge on any atom is -0.469 e. The number of fused-ring (bicyclic) bond motifs is 3. The van der Waals surface area contributed by atoms with Gasteiger partial charge in [-0.2, -0.15) is 0 Å². The lowest BCUT2D eigenvalue weighted by atomic mass is 10.1. The molecule has 1 aromatic heterocycles. The van der Waals surface area contributed by atoms with Gasteiger partial charge in [-0.1, -0.05) is 23.7 Å². The number of carbonyl (C=O) groups excluding carboxylic acids is 2. The Bertz CT molecular complexity index is 1170. The quantitative estimate of drug-likeness (QED) is 0.594. The lowest BCUT2D eigenvalue weighted by Gasteiger charge is -2.25. The number of benzene rings is 2. The van der Waals surface area contributed by atoms with Crippen molar-refractivity contribution in [2.45, 2.75) is 19.0 Å². The van der Waals surface area contributed by atoms with Crippen molar-refractivity contribution in [1.29, 1.82) is 0 Å². The van der Waals surface area contributed by atoms with Gasteiger partial charge in [-0.3, -0.25) is 19.5 Å². The van der Waals surface area contributed by atoms with Gasteiger partial charge in [0.15, 0.2) is 0 Å². The van der Waals surface area contributed by atoms with Crippen LogP contribution in [0.15, 0.2) is 47.5 Å². The van der Waals surface area contributed by atoms with Gasteiger partial charge in [-0.25, -0.2) is 4.39 Å². The van der Waals surface area contributed by atoms with Gasteiger partial charge < -0.3 is 9.30 Å². The molecule has 2 heterocycles. The molecule has 30 heavy (non-hydrogen) atoms. The van der Waals surface area contributed by atoms with Crippen LogP contribution in [0.3, 0.4) is 0 Å². The van der Waals surface area contributed by atoms with Crippen LogP contribution in [-0.2, 0) is 27.9 Å². The van der Waals surface area contributed by atoms with E-state index in [4.69, 9.17) is 16.3 Å². The molecule has 0 aliphatic carbocycles. The molecule has 0 fully saturated rings. The molecule has 2 aromatic carbocycles. The van der Waals surface area contributed by atoms with E-state index >= 15 is 0 Å². The number of aromatic nitrogens is 1. The number of aryl methyl sites for hydroxylation is 1. The summed E-state index contributed by atoms with van der Waals surface area (Å²) in [6, 6.07) is 10.5. The van der Waals surface area contributed by atoms with Gasteiger partial charge in [0.1, 0.15) is 17.7 Å². The molecule has 1 atom stereocenters. The predicted molar refractivity (Wildman–Crippen MR) is 114 cm³/mol. The molecule has 3 aromatic rings. The SMILES string of the molecule is COC(=O)CC1N=Cc2c(n(C)c3ccc(Cl)cc23)N(Cc2ccc(F)cc2)C1=O. The lowest BCUT2D eigenvalue weighted by molar-refractivity contribution is -0.142. The van der Waals surface area contributed by atoms with E-state index in [2.05, 4.69) is 4.99 Å². The lowest BCUT2D eigenvalue weighted by Crippen LogP contribution is -2.39. The number of amides is 1. The summed E-state index contributed by atoms with van der Waals surface area (Å²) < 4.78 is 20.0. The monoisotopic (exact) mass is 427 g/mol. The fourth-order valence-corrected chi connectivity index (χ4v) is 3.88. The van der Waals surface area contributed by atoms with E-state index in [1.54, 1.807) is 29.3 Å². The standard InChI is InChI=1S/C22H19ClFN3O3/c1-26-19-8-5-14(23)9-16(19)17-11-25-18(10-20(28)30-2)22(29)27(21(17)26)12-13-3-6-15(24)7-4-13/h3-9,11,18H,10,12H2,1-2H3. The number of hydrogen-bond acceptors (Lipinski definition) is 4. The smallest absolute Gasteiger partial charge is 0.308 e. The molecule has 0 bridgehead atoms. The number of esters is 1. The van der Waals surface area contributed by atoms with Crippen LogP contribution in [0.2, 0.25) is 5.02 Å². The summed E-state index contributed by atoms with van der Waals surface area (Å²) in [5.41, 5.74) is 2.37. The van der Waals surface area contributed by atoms with Gasteiger partial charge in [-0.05, 0) is 35.9 Å². The predicted octanol–water partition coefficient (Wildman–Crippen LogP) is 3.87. The minimum absolute atomic E-state index is 0.168. The number of methoxy groups -OCH3 is 1. The Kier molecular flexibility index (Phi) is 5.30. The highest BCUT2D eigenvalue weighted by atomic mass is 35.5. The third kappa shape index (κ3) is 3.57. The van der Waals surface area contributed by atoms with E-state index in [9.17, 15) is 14.0 Å². The summed E-state index contributed by atoms with van der Waals surface area (Å²) >= 11 is 6.21. The molecule has 1 aliphatic rings. The molecule has 6 nitrogen and oxygen atoms in total. The highest BCUT2D eigenvalue weighted by Crippen LogP contribution is 2.35. The van der Waals surface area contributed by atoms with Crippen LogP contribution in [-0.4, -0.2) is 35.8 Å². The van der Waals surface area contributed by atoms with Crippen LogP contribution in [0.1, 0.15) is 17.5 Å². The third-order valence-electron chi connectivity index (χ3n) is 5.20. The number of hydrogen-bond donors (Lipinski definition) is 0. The molecule has 0 saturated carbocycles. The van der Waals surface area contributed by atoms with Crippen molar-refractivity contribution >= 4 is 46.4 Å². The van der Waals surface area contributed by atoms with Crippen LogP contribution in [0.5, 0.6) is 0 Å². The van der Waals surface area contributed by atoms with Crippen molar-refractivity contribution in [2.24, 2.45) is 12.0 Å². The maximum absolute atomic E-state index is 13.4. The highest BCUT2D eigenvalue weighted by molar-refractivity contribution is 6.31. The first-order valence-corrected chi connectivity index (χ1v) is 9.70. The maximum Gasteiger partial charge on any atom is 0.308 e. The Balaban J connectivity index is 1.87. The number of rotatable bonds is 4. The number of nitrogens with zero attached hydrogens (tertiary/aromatic N) is 3. The second-order valence-electron chi connectivity index (χ2n) is 7.08. The van der Waals surface area contributed by atoms with Gasteiger partial charge in [0.25, 0.3) is 5.91 Å². The van der Waals surface area contributed by atoms with Crippen molar-refractivity contribution in [3.8, 4) is 0 Å². The second kappa shape index (κ2) is 7.91. The molecule has 154 valence electrons. The summed E-state index contributed by atoms with van der Waals surface area (Å²) in [6.45, 7) is 0.199. The van der Waals surface area contributed by atoms with Crippen molar-refractivity contribution in [3.05, 3.63) is 64.4 Å². The Morgan fingerprint density at radius 1 is 1.23 bits per heavy atom. The Hall–Kier alpha value is -3.19. The number of carbonyl (C=O) groups is 2. The molecule has 0 N–H and O–H groups in total. The molecule has 4 rings (SSSR count). The average Bonchev–Trinajstić information content (AvgIpc) is 2.92. The van der Waals surface area contributed by atoms with Crippen molar-refractivity contribution in [3.63, 3.8) is 0 Å². The van der Waals surface area contributed by atoms with Gasteiger partial charge >= 0.3 is 5.97 Å². The topological polar surface area (TPSA) is 63.9 Å². The van der Waals surface area contributed by atoms with E-state index in [0.29, 0.717) is 10.8 Å². The molecular formula is C22H19ClFN3O3. The number of ether oxygens (including phenoxy) is 1. The van der Waals surface area contributed by atoms with E-state index < -0.39 is 12.0 Å². The minimum atomic E-state index is -0.917. The summed E-state index contributed by atoms with van der Waals surface area (Å²) in [5, 5.41) is 1.41. The van der Waals surface area contributed by atoms with Gasteiger partial charge in [0, 0.05) is 29.2 Å². The van der Waals surface area contributed by atoms with Gasteiger partial charge in [-0.15, -0.1) is 0 Å². The summed E-state index contributed by atoms with van der Waals surface area (Å²) in [4.78, 5) is 31.2. The van der Waals surface area contributed by atoms with Crippen molar-refractivity contribution in [1.82, 2.24) is 4.57 Å². The summed E-state index contributed by atoms with van der Waals surface area (Å²) in [6.07, 6.45) is 1.45. The van der Waals surface area contributed by atoms with Crippen LogP contribution >= 0.6 is 11.6 Å². The first-order valence-electron chi connectivity index (χ1n) is 9.32. The molecule has 0 radical (unpaired) electrons. The van der Waals surface area contributed by atoms with Gasteiger partial charge in [0.2, 0.25) is 0 Å². The maximum atomic E-state index is 13.4. The van der Waals surface area contributed by atoms with E-state index in [1.807, 2.05) is 23.7 Å². The largest absolute Gasteiger partial charge is 0.469 e. The molecule has 1 amide bonds. The second-order valence-corrected chi connectivity index (χ2v) is 7.52.